The number of pyridine rings is 1. The Hall–Kier alpha value is -1.69. The van der Waals surface area contributed by atoms with E-state index in [1.807, 2.05) is 21.0 Å². The van der Waals surface area contributed by atoms with Crippen LogP contribution in [0, 0.1) is 17.0 Å². The Morgan fingerprint density at radius 1 is 1.40 bits per heavy atom. The average molecular weight is 278 g/mol. The molecule has 1 N–H and O–H groups in total. The zero-order valence-electron chi connectivity index (χ0n) is 12.3. The molecule has 0 spiro atoms. The SMILES string of the molecule is CNC1CCC(N(C)c2ncc([N+](=O)[O-])cc2C)CC1. The molecule has 6 nitrogen and oxygen atoms in total. The highest BCUT2D eigenvalue weighted by Crippen LogP contribution is 2.28. The minimum atomic E-state index is -0.401. The van der Waals surface area contributed by atoms with Gasteiger partial charge in [-0.1, -0.05) is 0 Å². The molecule has 2 rings (SSSR count). The molecular formula is C14H22N4O2. The van der Waals surface area contributed by atoms with Gasteiger partial charge in [0.25, 0.3) is 5.69 Å². The van der Waals surface area contributed by atoms with Crippen LogP contribution in [-0.4, -0.2) is 36.1 Å². The van der Waals surface area contributed by atoms with Gasteiger partial charge < -0.3 is 10.2 Å². The fourth-order valence-electron chi connectivity index (χ4n) is 2.95. The normalized spacial score (nSPS) is 22.6. The summed E-state index contributed by atoms with van der Waals surface area (Å²) in [5.41, 5.74) is 0.913. The number of hydrogen-bond acceptors (Lipinski definition) is 5. The van der Waals surface area contributed by atoms with Crippen LogP contribution in [-0.2, 0) is 0 Å². The molecule has 0 amide bonds. The number of aryl methyl sites for hydroxylation is 1. The summed E-state index contributed by atoms with van der Waals surface area (Å²) < 4.78 is 0. The molecule has 0 radical (unpaired) electrons. The van der Waals surface area contributed by atoms with E-state index < -0.39 is 4.92 Å². The third kappa shape index (κ3) is 3.07. The zero-order valence-corrected chi connectivity index (χ0v) is 12.3. The van der Waals surface area contributed by atoms with Crippen molar-refractivity contribution in [2.75, 3.05) is 19.0 Å². The lowest BCUT2D eigenvalue weighted by molar-refractivity contribution is -0.385. The van der Waals surface area contributed by atoms with Crippen LogP contribution in [0.15, 0.2) is 12.3 Å². The van der Waals surface area contributed by atoms with Gasteiger partial charge in [-0.15, -0.1) is 0 Å². The third-order valence-electron chi connectivity index (χ3n) is 4.23. The van der Waals surface area contributed by atoms with Gasteiger partial charge >= 0.3 is 0 Å². The van der Waals surface area contributed by atoms with Crippen molar-refractivity contribution in [3.63, 3.8) is 0 Å². The van der Waals surface area contributed by atoms with E-state index in [9.17, 15) is 10.1 Å². The highest BCUT2D eigenvalue weighted by Gasteiger charge is 2.25. The molecule has 1 aromatic rings. The molecule has 1 saturated carbocycles. The minimum absolute atomic E-state index is 0.0542. The van der Waals surface area contributed by atoms with E-state index in [0.717, 1.165) is 37.1 Å². The van der Waals surface area contributed by atoms with E-state index in [1.54, 1.807) is 6.07 Å². The summed E-state index contributed by atoms with van der Waals surface area (Å²) in [6.07, 6.45) is 5.92. The zero-order chi connectivity index (χ0) is 14.7. The first kappa shape index (κ1) is 14.7. The van der Waals surface area contributed by atoms with Crippen LogP contribution in [0.25, 0.3) is 0 Å². The molecule has 1 aromatic heterocycles. The van der Waals surface area contributed by atoms with Gasteiger partial charge in [0.1, 0.15) is 12.0 Å². The van der Waals surface area contributed by atoms with Crippen LogP contribution in [0.4, 0.5) is 11.5 Å². The summed E-state index contributed by atoms with van der Waals surface area (Å²) in [5, 5.41) is 14.1. The van der Waals surface area contributed by atoms with Crippen LogP contribution in [0.2, 0.25) is 0 Å². The minimum Gasteiger partial charge on any atom is -0.356 e. The highest BCUT2D eigenvalue weighted by atomic mass is 16.6. The monoisotopic (exact) mass is 278 g/mol. The Morgan fingerprint density at radius 3 is 2.55 bits per heavy atom. The Labute approximate surface area is 119 Å². The van der Waals surface area contributed by atoms with E-state index in [2.05, 4.69) is 15.2 Å². The molecule has 6 heteroatoms. The Morgan fingerprint density at radius 2 is 2.05 bits per heavy atom. The van der Waals surface area contributed by atoms with Crippen molar-refractivity contribution >= 4 is 11.5 Å². The molecule has 20 heavy (non-hydrogen) atoms. The quantitative estimate of drug-likeness (QED) is 0.675. The molecular weight excluding hydrogens is 256 g/mol. The molecule has 0 unspecified atom stereocenters. The molecule has 110 valence electrons. The van der Waals surface area contributed by atoms with Gasteiger partial charge in [0.05, 0.1) is 4.92 Å². The van der Waals surface area contributed by atoms with Crippen LogP contribution >= 0.6 is 0 Å². The molecule has 0 saturated heterocycles. The third-order valence-corrected chi connectivity index (χ3v) is 4.23. The number of nitrogens with zero attached hydrogens (tertiary/aromatic N) is 3. The first-order chi connectivity index (χ1) is 9.52. The van der Waals surface area contributed by atoms with E-state index in [0.29, 0.717) is 12.1 Å². The van der Waals surface area contributed by atoms with Crippen molar-refractivity contribution in [2.24, 2.45) is 0 Å². The van der Waals surface area contributed by atoms with Gasteiger partial charge in [-0.3, -0.25) is 10.1 Å². The van der Waals surface area contributed by atoms with E-state index >= 15 is 0 Å². The predicted molar refractivity (Wildman–Crippen MR) is 79.1 cm³/mol. The second-order valence-corrected chi connectivity index (χ2v) is 5.50. The summed E-state index contributed by atoms with van der Waals surface area (Å²) >= 11 is 0. The molecule has 1 heterocycles. The van der Waals surface area contributed by atoms with Crippen molar-refractivity contribution in [1.82, 2.24) is 10.3 Å². The van der Waals surface area contributed by atoms with E-state index in [4.69, 9.17) is 0 Å². The molecule has 1 aliphatic rings. The Balaban J connectivity index is 2.09. The van der Waals surface area contributed by atoms with Gasteiger partial charge in [0.15, 0.2) is 0 Å². The number of rotatable bonds is 4. The van der Waals surface area contributed by atoms with Crippen LogP contribution in [0.3, 0.4) is 0 Å². The van der Waals surface area contributed by atoms with Crippen molar-refractivity contribution in [3.8, 4) is 0 Å². The van der Waals surface area contributed by atoms with Crippen molar-refractivity contribution < 1.29 is 4.92 Å². The maximum Gasteiger partial charge on any atom is 0.287 e. The maximum absolute atomic E-state index is 10.8. The first-order valence-corrected chi connectivity index (χ1v) is 7.04. The van der Waals surface area contributed by atoms with Gasteiger partial charge in [-0.25, -0.2) is 4.98 Å². The summed E-state index contributed by atoms with van der Waals surface area (Å²) in [6, 6.07) is 2.68. The van der Waals surface area contributed by atoms with Crippen molar-refractivity contribution in [3.05, 3.63) is 27.9 Å². The van der Waals surface area contributed by atoms with Crippen LogP contribution < -0.4 is 10.2 Å². The van der Waals surface area contributed by atoms with Crippen LogP contribution in [0.5, 0.6) is 0 Å². The Bertz CT molecular complexity index is 484. The Kier molecular flexibility index (Phi) is 4.54. The van der Waals surface area contributed by atoms with Gasteiger partial charge in [0.2, 0.25) is 0 Å². The molecule has 1 fully saturated rings. The fraction of sp³-hybridized carbons (Fsp3) is 0.643. The molecule has 1 aliphatic carbocycles. The summed E-state index contributed by atoms with van der Waals surface area (Å²) in [7, 11) is 4.04. The summed E-state index contributed by atoms with van der Waals surface area (Å²) in [5.74, 6) is 0.850. The molecule has 0 bridgehead atoms. The lowest BCUT2D eigenvalue weighted by Gasteiger charge is -2.35. The van der Waals surface area contributed by atoms with E-state index in [-0.39, 0.29) is 5.69 Å². The van der Waals surface area contributed by atoms with Gasteiger partial charge in [-0.05, 0) is 45.2 Å². The highest BCUT2D eigenvalue weighted by molar-refractivity contribution is 5.50. The molecule has 0 aromatic carbocycles. The number of anilines is 1. The summed E-state index contributed by atoms with van der Waals surface area (Å²) in [6.45, 7) is 1.88. The average Bonchev–Trinajstić information content (AvgIpc) is 2.46. The topological polar surface area (TPSA) is 71.3 Å². The van der Waals surface area contributed by atoms with Crippen LogP contribution in [0.1, 0.15) is 31.2 Å². The number of aromatic nitrogens is 1. The maximum atomic E-state index is 10.8. The molecule has 0 aliphatic heterocycles. The lowest BCUT2D eigenvalue weighted by Crippen LogP contribution is -2.40. The predicted octanol–water partition coefficient (Wildman–Crippen LogP) is 2.27. The van der Waals surface area contributed by atoms with Crippen molar-refractivity contribution in [1.29, 1.82) is 0 Å². The lowest BCUT2D eigenvalue weighted by atomic mass is 9.90. The molecule has 0 atom stereocenters. The van der Waals surface area contributed by atoms with Gasteiger partial charge in [-0.2, -0.15) is 0 Å². The number of nitro groups is 1. The largest absolute Gasteiger partial charge is 0.356 e. The number of hydrogen-bond donors (Lipinski definition) is 1. The standard InChI is InChI=1S/C14H22N4O2/c1-10-8-13(18(19)20)9-16-14(10)17(3)12-6-4-11(15-2)5-7-12/h8-9,11-12,15H,4-7H2,1-3H3. The second kappa shape index (κ2) is 6.17. The van der Waals surface area contributed by atoms with Crippen molar-refractivity contribution in [2.45, 2.75) is 44.7 Å². The second-order valence-electron chi connectivity index (χ2n) is 5.50. The fourth-order valence-corrected chi connectivity index (χ4v) is 2.95. The van der Waals surface area contributed by atoms with E-state index in [1.165, 1.54) is 6.20 Å². The smallest absolute Gasteiger partial charge is 0.287 e. The summed E-state index contributed by atoms with van der Waals surface area (Å²) in [4.78, 5) is 16.8. The first-order valence-electron chi connectivity index (χ1n) is 7.04. The number of nitrogens with one attached hydrogen (secondary N) is 1. The van der Waals surface area contributed by atoms with Gasteiger partial charge in [0, 0.05) is 25.2 Å².